The molecule has 1 aliphatic rings. The minimum Gasteiger partial charge on any atom is -0.493 e. The summed E-state index contributed by atoms with van der Waals surface area (Å²) in [5.74, 6) is 1.35. The van der Waals surface area contributed by atoms with Gasteiger partial charge in [-0.1, -0.05) is 29.8 Å². The minimum atomic E-state index is 0.370. The van der Waals surface area contributed by atoms with Crippen LogP contribution in [-0.4, -0.2) is 39.6 Å². The maximum atomic E-state index is 6.24. The van der Waals surface area contributed by atoms with E-state index in [0.717, 1.165) is 46.7 Å². The molecule has 1 heterocycles. The van der Waals surface area contributed by atoms with Crippen LogP contribution in [0.2, 0.25) is 5.02 Å². The van der Waals surface area contributed by atoms with Gasteiger partial charge in [0, 0.05) is 35.6 Å². The molecule has 0 radical (unpaired) electrons. The average Bonchev–Trinajstić information content (AvgIpc) is 2.83. The molecule has 4 rings (SSSR count). The van der Waals surface area contributed by atoms with Gasteiger partial charge in [0.05, 0.1) is 29.6 Å². The van der Waals surface area contributed by atoms with Gasteiger partial charge in [-0.3, -0.25) is 4.99 Å². The van der Waals surface area contributed by atoms with Crippen molar-refractivity contribution in [2.45, 2.75) is 6.61 Å². The highest BCUT2D eigenvalue weighted by Crippen LogP contribution is 2.35. The van der Waals surface area contributed by atoms with Crippen molar-refractivity contribution >= 4 is 51.8 Å². The van der Waals surface area contributed by atoms with Crippen molar-refractivity contribution in [3.05, 3.63) is 80.4 Å². The Morgan fingerprint density at radius 1 is 1.09 bits per heavy atom. The van der Waals surface area contributed by atoms with Crippen LogP contribution in [0.3, 0.4) is 0 Å². The zero-order valence-corrected chi connectivity index (χ0v) is 20.7. The van der Waals surface area contributed by atoms with Gasteiger partial charge in [0.2, 0.25) is 0 Å². The molecule has 0 spiro atoms. The van der Waals surface area contributed by atoms with Crippen molar-refractivity contribution in [3.8, 4) is 11.5 Å². The third-order valence-electron chi connectivity index (χ3n) is 5.17. The molecule has 5 nitrogen and oxygen atoms in total. The molecule has 1 fully saturated rings. The largest absolute Gasteiger partial charge is 0.493 e. The fraction of sp³-hybridized carbons (Fsp3) is 0.240. The molecule has 32 heavy (non-hydrogen) atoms. The number of morpholine rings is 1. The van der Waals surface area contributed by atoms with Crippen LogP contribution in [0, 0.1) is 3.57 Å². The fourth-order valence-corrected chi connectivity index (χ4v) is 4.41. The number of anilines is 1. The second kappa shape index (κ2) is 11.0. The van der Waals surface area contributed by atoms with E-state index in [1.165, 1.54) is 5.69 Å². The van der Waals surface area contributed by atoms with Gasteiger partial charge in [-0.05, 0) is 70.6 Å². The van der Waals surface area contributed by atoms with E-state index in [1.54, 1.807) is 7.11 Å². The van der Waals surface area contributed by atoms with Crippen molar-refractivity contribution < 1.29 is 14.2 Å². The second-order valence-corrected chi connectivity index (χ2v) is 8.86. The normalized spacial score (nSPS) is 14.0. The number of halogens is 2. The molecule has 0 amide bonds. The van der Waals surface area contributed by atoms with Gasteiger partial charge in [-0.15, -0.1) is 0 Å². The Bertz CT molecular complexity index is 1080. The van der Waals surface area contributed by atoms with E-state index in [-0.39, 0.29) is 0 Å². The summed E-state index contributed by atoms with van der Waals surface area (Å²) in [5, 5.41) is 0.685. The molecule has 7 heteroatoms. The summed E-state index contributed by atoms with van der Waals surface area (Å²) >= 11 is 8.50. The highest BCUT2D eigenvalue weighted by molar-refractivity contribution is 14.1. The van der Waals surface area contributed by atoms with Gasteiger partial charge in [-0.2, -0.15) is 0 Å². The summed E-state index contributed by atoms with van der Waals surface area (Å²) in [5.41, 5.74) is 3.96. The zero-order valence-electron chi connectivity index (χ0n) is 17.8. The Morgan fingerprint density at radius 3 is 2.56 bits per heavy atom. The third-order valence-corrected chi connectivity index (χ3v) is 6.34. The Balaban J connectivity index is 1.46. The highest BCUT2D eigenvalue weighted by Gasteiger charge is 2.13. The number of hydrogen-bond donors (Lipinski definition) is 0. The first-order valence-corrected chi connectivity index (χ1v) is 11.8. The van der Waals surface area contributed by atoms with Crippen molar-refractivity contribution in [2.75, 3.05) is 38.3 Å². The molecule has 3 aromatic carbocycles. The number of rotatable bonds is 7. The fourth-order valence-electron chi connectivity index (χ4n) is 3.44. The number of aliphatic imine (C=N–C) groups is 1. The van der Waals surface area contributed by atoms with Crippen LogP contribution in [-0.2, 0) is 11.3 Å². The van der Waals surface area contributed by atoms with Crippen LogP contribution >= 0.6 is 34.2 Å². The molecule has 0 atom stereocenters. The number of benzene rings is 3. The molecule has 0 unspecified atom stereocenters. The summed E-state index contributed by atoms with van der Waals surface area (Å²) in [6.07, 6.45) is 1.84. The SMILES string of the molecule is COc1cc(C=Nc2ccc(N3CCOCC3)cc2)cc(I)c1OCc1ccccc1Cl. The maximum absolute atomic E-state index is 6.24. The van der Waals surface area contributed by atoms with Crippen LogP contribution in [0.5, 0.6) is 11.5 Å². The van der Waals surface area contributed by atoms with E-state index in [1.807, 2.05) is 54.7 Å². The molecule has 0 bridgehead atoms. The molecule has 0 saturated carbocycles. The first-order valence-electron chi connectivity index (χ1n) is 10.3. The van der Waals surface area contributed by atoms with Gasteiger partial charge in [0.15, 0.2) is 11.5 Å². The van der Waals surface area contributed by atoms with Gasteiger partial charge >= 0.3 is 0 Å². The average molecular weight is 563 g/mol. The van der Waals surface area contributed by atoms with Crippen molar-refractivity contribution in [1.82, 2.24) is 0 Å². The van der Waals surface area contributed by atoms with E-state index < -0.39 is 0 Å². The summed E-state index contributed by atoms with van der Waals surface area (Å²) in [6.45, 7) is 3.77. The first-order chi connectivity index (χ1) is 15.6. The Morgan fingerprint density at radius 2 is 1.84 bits per heavy atom. The zero-order chi connectivity index (χ0) is 22.3. The number of nitrogens with zero attached hydrogens (tertiary/aromatic N) is 2. The maximum Gasteiger partial charge on any atom is 0.174 e. The van der Waals surface area contributed by atoms with E-state index in [4.69, 9.17) is 25.8 Å². The highest BCUT2D eigenvalue weighted by atomic mass is 127. The van der Waals surface area contributed by atoms with Crippen molar-refractivity contribution in [2.24, 2.45) is 4.99 Å². The van der Waals surface area contributed by atoms with E-state index in [9.17, 15) is 0 Å². The summed E-state index contributed by atoms with van der Waals surface area (Å²) in [4.78, 5) is 6.95. The van der Waals surface area contributed by atoms with Gasteiger partial charge in [0.25, 0.3) is 0 Å². The van der Waals surface area contributed by atoms with E-state index in [0.29, 0.717) is 23.1 Å². The van der Waals surface area contributed by atoms with Crippen LogP contribution in [0.1, 0.15) is 11.1 Å². The van der Waals surface area contributed by atoms with Crippen molar-refractivity contribution in [3.63, 3.8) is 0 Å². The van der Waals surface area contributed by atoms with Crippen LogP contribution in [0.4, 0.5) is 11.4 Å². The van der Waals surface area contributed by atoms with Gasteiger partial charge in [-0.25, -0.2) is 0 Å². The molecule has 3 aromatic rings. The number of hydrogen-bond acceptors (Lipinski definition) is 5. The molecular formula is C25H24ClIN2O3. The van der Waals surface area contributed by atoms with Gasteiger partial charge < -0.3 is 19.1 Å². The summed E-state index contributed by atoms with van der Waals surface area (Å²) < 4.78 is 18.0. The summed E-state index contributed by atoms with van der Waals surface area (Å²) in [6, 6.07) is 19.9. The molecule has 1 aliphatic heterocycles. The smallest absolute Gasteiger partial charge is 0.174 e. The van der Waals surface area contributed by atoms with Crippen LogP contribution < -0.4 is 14.4 Å². The first kappa shape index (κ1) is 22.9. The summed E-state index contributed by atoms with van der Waals surface area (Å²) in [7, 11) is 1.64. The third kappa shape index (κ3) is 5.74. The van der Waals surface area contributed by atoms with Gasteiger partial charge in [0.1, 0.15) is 6.61 Å². The lowest BCUT2D eigenvalue weighted by Crippen LogP contribution is -2.36. The molecule has 0 aliphatic carbocycles. The molecule has 166 valence electrons. The second-order valence-electron chi connectivity index (χ2n) is 7.29. The van der Waals surface area contributed by atoms with Crippen molar-refractivity contribution in [1.29, 1.82) is 0 Å². The topological polar surface area (TPSA) is 43.3 Å². The lowest BCUT2D eigenvalue weighted by Gasteiger charge is -2.28. The molecule has 0 aromatic heterocycles. The quantitative estimate of drug-likeness (QED) is 0.257. The number of methoxy groups -OCH3 is 1. The van der Waals surface area contributed by atoms with Crippen LogP contribution in [0.25, 0.3) is 0 Å². The number of ether oxygens (including phenoxy) is 3. The lowest BCUT2D eigenvalue weighted by molar-refractivity contribution is 0.122. The van der Waals surface area contributed by atoms with E-state index in [2.05, 4.69) is 44.6 Å². The Kier molecular flexibility index (Phi) is 7.89. The lowest BCUT2D eigenvalue weighted by atomic mass is 10.2. The minimum absolute atomic E-state index is 0.370. The molecular weight excluding hydrogens is 539 g/mol. The predicted octanol–water partition coefficient (Wildman–Crippen LogP) is 6.12. The van der Waals surface area contributed by atoms with Crippen LogP contribution in [0.15, 0.2) is 65.7 Å². The monoisotopic (exact) mass is 562 g/mol. The molecule has 0 N–H and O–H groups in total. The van der Waals surface area contributed by atoms with E-state index >= 15 is 0 Å². The Hall–Kier alpha value is -2.29. The molecule has 1 saturated heterocycles. The predicted molar refractivity (Wildman–Crippen MR) is 138 cm³/mol. The standard InChI is InChI=1S/C25H24ClIN2O3/c1-30-24-15-18(14-23(27)25(24)32-17-19-4-2-3-5-22(19)26)16-28-20-6-8-21(9-7-20)29-10-12-31-13-11-29/h2-9,14-16H,10-13,17H2,1H3. The Labute approximate surface area is 207 Å².